The highest BCUT2D eigenvalue weighted by Gasteiger charge is 2.04. The summed E-state index contributed by atoms with van der Waals surface area (Å²) in [4.78, 5) is 6.75. The van der Waals surface area contributed by atoms with Crippen molar-refractivity contribution in [3.8, 4) is 0 Å². The maximum atomic E-state index is 12.9. The lowest BCUT2D eigenvalue weighted by Gasteiger charge is -2.01. The van der Waals surface area contributed by atoms with Crippen LogP contribution in [0.15, 0.2) is 52.3 Å². The Kier molecular flexibility index (Phi) is 3.53. The first kappa shape index (κ1) is 12.6. The largest absolute Gasteiger partial charge is 0.241 e. The number of rotatable bonds is 3. The van der Waals surface area contributed by atoms with E-state index in [1.54, 1.807) is 35.2 Å². The van der Waals surface area contributed by atoms with E-state index in [0.29, 0.717) is 0 Å². The van der Waals surface area contributed by atoms with E-state index in [4.69, 9.17) is 0 Å². The van der Waals surface area contributed by atoms with E-state index < -0.39 is 0 Å². The van der Waals surface area contributed by atoms with Crippen molar-refractivity contribution < 1.29 is 4.39 Å². The van der Waals surface area contributed by atoms with Crippen LogP contribution in [0.1, 0.15) is 11.9 Å². The van der Waals surface area contributed by atoms with E-state index >= 15 is 0 Å². The summed E-state index contributed by atoms with van der Waals surface area (Å²) >= 11 is 3.38. The number of thiazole rings is 1. The first-order chi connectivity index (χ1) is 9.24. The predicted molar refractivity (Wildman–Crippen MR) is 79.5 cm³/mol. The normalized spacial score (nSPS) is 11.1. The molecule has 1 aromatic heterocycles. The summed E-state index contributed by atoms with van der Waals surface area (Å²) in [6.45, 7) is 2.12. The second-order valence-electron chi connectivity index (χ2n) is 4.15. The van der Waals surface area contributed by atoms with Crippen molar-refractivity contribution in [2.75, 3.05) is 0 Å². The summed E-state index contributed by atoms with van der Waals surface area (Å²) in [5.41, 5.74) is 1.06. The Hall–Kier alpha value is -1.39. The van der Waals surface area contributed by atoms with Gasteiger partial charge in [0, 0.05) is 9.79 Å². The third kappa shape index (κ3) is 2.80. The van der Waals surface area contributed by atoms with Crippen molar-refractivity contribution in [1.82, 2.24) is 4.98 Å². The maximum Gasteiger partial charge on any atom is 0.123 e. The van der Waals surface area contributed by atoms with Crippen LogP contribution in [0.4, 0.5) is 4.39 Å². The van der Waals surface area contributed by atoms with Gasteiger partial charge in [-0.3, -0.25) is 0 Å². The third-order valence-electron chi connectivity index (χ3n) is 2.76. The third-order valence-corrected chi connectivity index (χ3v) is 4.92. The monoisotopic (exact) mass is 289 g/mol. The molecule has 3 rings (SSSR count). The van der Waals surface area contributed by atoms with Gasteiger partial charge in [0.15, 0.2) is 0 Å². The summed E-state index contributed by atoms with van der Waals surface area (Å²) in [7, 11) is 0. The molecule has 1 heterocycles. The Balaban J connectivity index is 1.90. The fourth-order valence-corrected chi connectivity index (χ4v) is 3.68. The summed E-state index contributed by atoms with van der Waals surface area (Å²) in [5, 5.41) is 1.17. The van der Waals surface area contributed by atoms with Crippen LogP contribution in [0.3, 0.4) is 0 Å². The van der Waals surface area contributed by atoms with Gasteiger partial charge in [0.1, 0.15) is 5.82 Å². The molecule has 3 aromatic rings. The quantitative estimate of drug-likeness (QED) is 0.661. The highest BCUT2D eigenvalue weighted by Crippen LogP contribution is 2.32. The van der Waals surface area contributed by atoms with Gasteiger partial charge in [-0.1, -0.05) is 18.7 Å². The first-order valence-electron chi connectivity index (χ1n) is 6.07. The smallest absolute Gasteiger partial charge is 0.123 e. The number of nitrogens with zero attached hydrogens (tertiary/aromatic N) is 1. The van der Waals surface area contributed by atoms with Crippen LogP contribution in [-0.4, -0.2) is 4.98 Å². The van der Waals surface area contributed by atoms with Gasteiger partial charge < -0.3 is 0 Å². The molecule has 0 saturated carbocycles. The van der Waals surface area contributed by atoms with E-state index in [2.05, 4.69) is 30.1 Å². The molecule has 0 aliphatic carbocycles. The molecule has 1 nitrogen and oxygen atoms in total. The molecule has 2 aromatic carbocycles. The fraction of sp³-hybridized carbons (Fsp3) is 0.133. The van der Waals surface area contributed by atoms with E-state index in [1.807, 2.05) is 0 Å². The fourth-order valence-electron chi connectivity index (χ4n) is 1.81. The lowest BCUT2D eigenvalue weighted by molar-refractivity contribution is 0.626. The van der Waals surface area contributed by atoms with E-state index in [1.165, 1.54) is 21.8 Å². The molecule has 0 unspecified atom stereocenters. The van der Waals surface area contributed by atoms with Crippen LogP contribution in [-0.2, 0) is 6.42 Å². The van der Waals surface area contributed by atoms with Crippen LogP contribution in [0, 0.1) is 5.82 Å². The Labute approximate surface area is 119 Å². The number of benzene rings is 2. The molecule has 0 atom stereocenters. The summed E-state index contributed by atoms with van der Waals surface area (Å²) in [6.07, 6.45) is 0.972. The van der Waals surface area contributed by atoms with E-state index in [9.17, 15) is 4.39 Å². The lowest BCUT2D eigenvalue weighted by atomic mass is 10.3. The SMILES string of the molecule is CCc1nc2ccc(Sc3ccc(F)cc3)cc2s1. The van der Waals surface area contributed by atoms with Crippen LogP contribution < -0.4 is 0 Å². The maximum absolute atomic E-state index is 12.9. The number of halogens is 1. The molecule has 0 aliphatic heterocycles. The summed E-state index contributed by atoms with van der Waals surface area (Å²) in [5.74, 6) is -0.199. The van der Waals surface area contributed by atoms with E-state index in [-0.39, 0.29) is 5.82 Å². The van der Waals surface area contributed by atoms with Gasteiger partial charge in [-0.05, 0) is 48.9 Å². The zero-order valence-electron chi connectivity index (χ0n) is 10.4. The Morgan fingerprint density at radius 3 is 2.58 bits per heavy atom. The van der Waals surface area contributed by atoms with Crippen molar-refractivity contribution in [3.05, 3.63) is 53.3 Å². The van der Waals surface area contributed by atoms with Gasteiger partial charge >= 0.3 is 0 Å². The number of hydrogen-bond acceptors (Lipinski definition) is 3. The Morgan fingerprint density at radius 1 is 1.11 bits per heavy atom. The van der Waals surface area contributed by atoms with Gasteiger partial charge in [-0.25, -0.2) is 9.37 Å². The molecule has 4 heteroatoms. The van der Waals surface area contributed by atoms with Crippen molar-refractivity contribution >= 4 is 33.3 Å². The van der Waals surface area contributed by atoms with Gasteiger partial charge in [-0.15, -0.1) is 11.3 Å². The lowest BCUT2D eigenvalue weighted by Crippen LogP contribution is -1.76. The number of hydrogen-bond donors (Lipinski definition) is 0. The molecule has 0 saturated heterocycles. The Bertz CT molecular complexity index is 704. The van der Waals surface area contributed by atoms with Crippen LogP contribution >= 0.6 is 23.1 Å². The molecule has 96 valence electrons. The molecule has 0 radical (unpaired) electrons. The molecule has 0 bridgehead atoms. The zero-order valence-corrected chi connectivity index (χ0v) is 12.0. The van der Waals surface area contributed by atoms with Gasteiger partial charge in [-0.2, -0.15) is 0 Å². The molecular formula is C15H12FNS2. The van der Waals surface area contributed by atoms with E-state index in [0.717, 1.165) is 21.7 Å². The van der Waals surface area contributed by atoms with Crippen molar-refractivity contribution in [2.45, 2.75) is 23.1 Å². The molecule has 19 heavy (non-hydrogen) atoms. The number of fused-ring (bicyclic) bond motifs is 1. The number of aromatic nitrogens is 1. The standard InChI is InChI=1S/C15H12FNS2/c1-2-15-17-13-8-7-12(9-14(13)19-15)18-11-5-3-10(16)4-6-11/h3-9H,2H2,1H3. The minimum absolute atomic E-state index is 0.199. The average Bonchev–Trinajstić information content (AvgIpc) is 2.83. The van der Waals surface area contributed by atoms with Crippen LogP contribution in [0.5, 0.6) is 0 Å². The average molecular weight is 289 g/mol. The molecule has 0 spiro atoms. The number of aryl methyl sites for hydroxylation is 1. The summed E-state index contributed by atoms with van der Waals surface area (Å²) < 4.78 is 14.1. The molecular weight excluding hydrogens is 277 g/mol. The highest BCUT2D eigenvalue weighted by atomic mass is 32.2. The van der Waals surface area contributed by atoms with Gasteiger partial charge in [0.2, 0.25) is 0 Å². The highest BCUT2D eigenvalue weighted by molar-refractivity contribution is 7.99. The van der Waals surface area contributed by atoms with Gasteiger partial charge in [0.25, 0.3) is 0 Å². The van der Waals surface area contributed by atoms with Crippen molar-refractivity contribution in [3.63, 3.8) is 0 Å². The zero-order chi connectivity index (χ0) is 13.2. The minimum Gasteiger partial charge on any atom is -0.241 e. The van der Waals surface area contributed by atoms with Crippen LogP contribution in [0.25, 0.3) is 10.2 Å². The second-order valence-corrected chi connectivity index (χ2v) is 6.41. The molecule has 0 fully saturated rings. The van der Waals surface area contributed by atoms with Gasteiger partial charge in [0.05, 0.1) is 15.2 Å². The predicted octanol–water partition coefficient (Wildman–Crippen LogP) is 5.15. The molecule has 0 aliphatic rings. The Morgan fingerprint density at radius 2 is 1.84 bits per heavy atom. The first-order valence-corrected chi connectivity index (χ1v) is 7.71. The molecule has 0 amide bonds. The molecule has 0 N–H and O–H groups in total. The minimum atomic E-state index is -0.199. The second kappa shape index (κ2) is 5.31. The summed E-state index contributed by atoms with van der Waals surface area (Å²) in [6, 6.07) is 12.8. The van der Waals surface area contributed by atoms with Crippen LogP contribution in [0.2, 0.25) is 0 Å². The van der Waals surface area contributed by atoms with Crippen molar-refractivity contribution in [1.29, 1.82) is 0 Å². The topological polar surface area (TPSA) is 12.9 Å². The van der Waals surface area contributed by atoms with Crippen molar-refractivity contribution in [2.24, 2.45) is 0 Å².